The first kappa shape index (κ1) is 7.19. The standard InChI is InChI=1S/C8H11NO/c10-7-6-9-8-4-2-1-3-5-8/h2,4,7H,1,3,5-6H2. The molecule has 0 spiro atoms. The van der Waals surface area contributed by atoms with Gasteiger partial charge < -0.3 is 4.79 Å². The number of carbonyl (C=O) groups is 1. The average Bonchev–Trinajstić information content (AvgIpc) is 2.03. The SMILES string of the molecule is O=CCN=C1C=CCCC1. The molecule has 0 radical (unpaired) electrons. The van der Waals surface area contributed by atoms with Gasteiger partial charge in [0.15, 0.2) is 0 Å². The molecule has 0 saturated heterocycles. The van der Waals surface area contributed by atoms with Gasteiger partial charge in [0.1, 0.15) is 6.29 Å². The van der Waals surface area contributed by atoms with Crippen molar-refractivity contribution in [3.8, 4) is 0 Å². The largest absolute Gasteiger partial charge is 0.301 e. The summed E-state index contributed by atoms with van der Waals surface area (Å²) in [5.41, 5.74) is 1.07. The van der Waals surface area contributed by atoms with E-state index in [9.17, 15) is 4.79 Å². The summed E-state index contributed by atoms with van der Waals surface area (Å²) in [4.78, 5) is 14.0. The number of hydrogen-bond acceptors (Lipinski definition) is 2. The van der Waals surface area contributed by atoms with Crippen LogP contribution in [0, 0.1) is 0 Å². The Balaban J connectivity index is 2.45. The van der Waals surface area contributed by atoms with Crippen LogP contribution in [0.4, 0.5) is 0 Å². The third-order valence-corrected chi connectivity index (χ3v) is 1.48. The summed E-state index contributed by atoms with van der Waals surface area (Å²) in [6.45, 7) is 0.319. The first-order valence-corrected chi connectivity index (χ1v) is 3.57. The van der Waals surface area contributed by atoms with E-state index in [1.54, 1.807) is 0 Å². The molecule has 0 aliphatic heterocycles. The summed E-state index contributed by atoms with van der Waals surface area (Å²) < 4.78 is 0. The molecule has 2 heteroatoms. The molecule has 1 rings (SSSR count). The van der Waals surface area contributed by atoms with E-state index in [0.717, 1.165) is 24.8 Å². The van der Waals surface area contributed by atoms with Gasteiger partial charge in [-0.3, -0.25) is 4.99 Å². The lowest BCUT2D eigenvalue weighted by atomic mass is 10.1. The summed E-state index contributed by atoms with van der Waals surface area (Å²) in [6, 6.07) is 0. The van der Waals surface area contributed by atoms with E-state index >= 15 is 0 Å². The molecule has 2 nitrogen and oxygen atoms in total. The highest BCUT2D eigenvalue weighted by Crippen LogP contribution is 2.06. The van der Waals surface area contributed by atoms with Crippen LogP contribution in [0.2, 0.25) is 0 Å². The van der Waals surface area contributed by atoms with E-state index < -0.39 is 0 Å². The van der Waals surface area contributed by atoms with Crippen LogP contribution in [-0.2, 0) is 4.79 Å². The van der Waals surface area contributed by atoms with Crippen LogP contribution < -0.4 is 0 Å². The maximum atomic E-state index is 9.92. The molecule has 0 aromatic heterocycles. The van der Waals surface area contributed by atoms with Crippen molar-refractivity contribution in [1.29, 1.82) is 0 Å². The number of aliphatic imine (C=N–C) groups is 1. The van der Waals surface area contributed by atoms with Crippen LogP contribution >= 0.6 is 0 Å². The minimum atomic E-state index is 0.319. The van der Waals surface area contributed by atoms with E-state index in [-0.39, 0.29) is 0 Å². The first-order valence-electron chi connectivity index (χ1n) is 3.57. The quantitative estimate of drug-likeness (QED) is 0.528. The lowest BCUT2D eigenvalue weighted by Crippen LogP contribution is -1.99. The maximum Gasteiger partial charge on any atom is 0.141 e. The van der Waals surface area contributed by atoms with Crippen LogP contribution in [0.15, 0.2) is 17.1 Å². The van der Waals surface area contributed by atoms with Crippen LogP contribution in [0.25, 0.3) is 0 Å². The molecule has 54 valence electrons. The molecule has 0 unspecified atom stereocenters. The minimum Gasteiger partial charge on any atom is -0.301 e. The number of aldehydes is 1. The van der Waals surface area contributed by atoms with Gasteiger partial charge in [0.2, 0.25) is 0 Å². The number of rotatable bonds is 2. The van der Waals surface area contributed by atoms with Gasteiger partial charge in [-0.15, -0.1) is 0 Å². The zero-order chi connectivity index (χ0) is 7.23. The molecule has 0 amide bonds. The summed E-state index contributed by atoms with van der Waals surface area (Å²) in [5.74, 6) is 0. The normalized spacial score (nSPS) is 21.4. The average molecular weight is 137 g/mol. The van der Waals surface area contributed by atoms with Crippen molar-refractivity contribution in [3.05, 3.63) is 12.2 Å². The van der Waals surface area contributed by atoms with Crippen molar-refractivity contribution in [2.75, 3.05) is 6.54 Å². The van der Waals surface area contributed by atoms with Crippen molar-refractivity contribution in [2.45, 2.75) is 19.3 Å². The predicted octanol–water partition coefficient (Wildman–Crippen LogP) is 1.37. The Hall–Kier alpha value is -0.920. The second-order valence-electron chi connectivity index (χ2n) is 2.29. The van der Waals surface area contributed by atoms with Crippen molar-refractivity contribution in [1.82, 2.24) is 0 Å². The summed E-state index contributed by atoms with van der Waals surface area (Å²) in [6.07, 6.45) is 8.30. The van der Waals surface area contributed by atoms with Gasteiger partial charge in [0.25, 0.3) is 0 Å². The van der Waals surface area contributed by atoms with Gasteiger partial charge >= 0.3 is 0 Å². The minimum absolute atomic E-state index is 0.319. The molecule has 0 N–H and O–H groups in total. The topological polar surface area (TPSA) is 29.4 Å². The highest BCUT2D eigenvalue weighted by molar-refractivity contribution is 5.96. The van der Waals surface area contributed by atoms with E-state index in [0.29, 0.717) is 6.54 Å². The maximum absolute atomic E-state index is 9.92. The third-order valence-electron chi connectivity index (χ3n) is 1.48. The Bertz CT molecular complexity index is 170. The van der Waals surface area contributed by atoms with Crippen molar-refractivity contribution >= 4 is 12.0 Å². The molecule has 0 bridgehead atoms. The number of hydrogen-bond donors (Lipinski definition) is 0. The fourth-order valence-electron chi connectivity index (χ4n) is 0.990. The van der Waals surface area contributed by atoms with Gasteiger partial charge in [0.05, 0.1) is 6.54 Å². The zero-order valence-electron chi connectivity index (χ0n) is 5.92. The van der Waals surface area contributed by atoms with Crippen LogP contribution in [0.3, 0.4) is 0 Å². The summed E-state index contributed by atoms with van der Waals surface area (Å²) in [7, 11) is 0. The second kappa shape index (κ2) is 3.99. The molecule has 0 fully saturated rings. The molecule has 0 aromatic carbocycles. The van der Waals surface area contributed by atoms with Crippen LogP contribution in [0.5, 0.6) is 0 Å². The Labute approximate surface area is 60.7 Å². The Morgan fingerprint density at radius 1 is 1.70 bits per heavy atom. The first-order chi connectivity index (χ1) is 4.93. The van der Waals surface area contributed by atoms with Gasteiger partial charge in [-0.05, 0) is 25.3 Å². The highest BCUT2D eigenvalue weighted by atomic mass is 16.1. The number of carbonyl (C=O) groups excluding carboxylic acids is 1. The van der Waals surface area contributed by atoms with Crippen molar-refractivity contribution < 1.29 is 4.79 Å². The molecule has 10 heavy (non-hydrogen) atoms. The Morgan fingerprint density at radius 3 is 3.20 bits per heavy atom. The van der Waals surface area contributed by atoms with Crippen LogP contribution in [-0.4, -0.2) is 18.5 Å². The zero-order valence-corrected chi connectivity index (χ0v) is 5.92. The highest BCUT2D eigenvalue weighted by Gasteiger charge is 1.98. The fourth-order valence-corrected chi connectivity index (χ4v) is 0.990. The molecule has 0 aromatic rings. The van der Waals surface area contributed by atoms with Crippen LogP contribution in [0.1, 0.15) is 19.3 Å². The molecule has 1 aliphatic carbocycles. The summed E-state index contributed by atoms with van der Waals surface area (Å²) in [5, 5.41) is 0. The second-order valence-corrected chi connectivity index (χ2v) is 2.29. The van der Waals surface area contributed by atoms with Crippen molar-refractivity contribution in [2.24, 2.45) is 4.99 Å². The molecule has 0 atom stereocenters. The van der Waals surface area contributed by atoms with Gasteiger partial charge in [-0.1, -0.05) is 6.08 Å². The van der Waals surface area contributed by atoms with Gasteiger partial charge in [-0.25, -0.2) is 0 Å². The summed E-state index contributed by atoms with van der Waals surface area (Å²) >= 11 is 0. The Morgan fingerprint density at radius 2 is 2.60 bits per heavy atom. The van der Waals surface area contributed by atoms with Gasteiger partial charge in [0, 0.05) is 5.71 Å². The molecular weight excluding hydrogens is 126 g/mol. The molecule has 0 heterocycles. The number of nitrogens with zero attached hydrogens (tertiary/aromatic N) is 1. The lowest BCUT2D eigenvalue weighted by Gasteiger charge is -2.03. The Kier molecular flexibility index (Phi) is 2.87. The fraction of sp³-hybridized carbons (Fsp3) is 0.500. The molecule has 1 aliphatic rings. The smallest absolute Gasteiger partial charge is 0.141 e. The monoisotopic (exact) mass is 137 g/mol. The molecule has 0 saturated carbocycles. The molecular formula is C8H11NO. The van der Waals surface area contributed by atoms with E-state index in [4.69, 9.17) is 0 Å². The number of allylic oxidation sites excluding steroid dienone is 2. The van der Waals surface area contributed by atoms with E-state index in [1.807, 2.05) is 6.08 Å². The van der Waals surface area contributed by atoms with Gasteiger partial charge in [-0.2, -0.15) is 0 Å². The van der Waals surface area contributed by atoms with Crippen molar-refractivity contribution in [3.63, 3.8) is 0 Å². The third kappa shape index (κ3) is 2.13. The lowest BCUT2D eigenvalue weighted by molar-refractivity contribution is -0.106. The predicted molar refractivity (Wildman–Crippen MR) is 41.4 cm³/mol. The van der Waals surface area contributed by atoms with E-state index in [2.05, 4.69) is 11.1 Å². The van der Waals surface area contributed by atoms with E-state index in [1.165, 1.54) is 6.42 Å².